The van der Waals surface area contributed by atoms with Crippen LogP contribution in [-0.4, -0.2) is 57.8 Å². The molecule has 45 heavy (non-hydrogen) atoms. The summed E-state index contributed by atoms with van der Waals surface area (Å²) in [7, 11) is 1.49. The second kappa shape index (κ2) is 13.6. The van der Waals surface area contributed by atoms with E-state index in [0.29, 0.717) is 42.5 Å². The maximum absolute atomic E-state index is 14.0. The van der Waals surface area contributed by atoms with Crippen LogP contribution in [-0.2, 0) is 24.1 Å². The Hall–Kier alpha value is -4.60. The topological polar surface area (TPSA) is 120 Å². The van der Waals surface area contributed by atoms with Crippen LogP contribution in [0.25, 0.3) is 0 Å². The number of nitrogens with zero attached hydrogens (tertiary/aromatic N) is 6. The van der Waals surface area contributed by atoms with Gasteiger partial charge in [-0.2, -0.15) is 23.3 Å². The van der Waals surface area contributed by atoms with Gasteiger partial charge in [0.2, 0.25) is 0 Å². The van der Waals surface area contributed by atoms with Crippen LogP contribution in [0.5, 0.6) is 5.75 Å². The third kappa shape index (κ3) is 7.74. The number of pyridine rings is 1. The quantitative estimate of drug-likeness (QED) is 0.212. The Bertz CT molecular complexity index is 1630. The maximum atomic E-state index is 14.0. The van der Waals surface area contributed by atoms with E-state index < -0.39 is 35.5 Å². The van der Waals surface area contributed by atoms with Crippen LogP contribution in [0.2, 0.25) is 0 Å². The first kappa shape index (κ1) is 31.8. The van der Waals surface area contributed by atoms with Gasteiger partial charge < -0.3 is 24.2 Å². The fourth-order valence-electron chi connectivity index (χ4n) is 4.90. The molecule has 4 aromatic rings. The summed E-state index contributed by atoms with van der Waals surface area (Å²) in [6.45, 7) is 2.48. The van der Waals surface area contributed by atoms with Gasteiger partial charge in [-0.05, 0) is 43.2 Å². The number of methoxy groups -OCH3 is 1. The van der Waals surface area contributed by atoms with Crippen molar-refractivity contribution < 1.29 is 35.9 Å². The lowest BCUT2D eigenvalue weighted by molar-refractivity contribution is -0.138. The Labute approximate surface area is 254 Å². The molecule has 0 saturated carbocycles. The van der Waals surface area contributed by atoms with Crippen molar-refractivity contribution in [3.8, 4) is 5.75 Å². The number of hydrogen-bond donors (Lipinski definition) is 1. The first-order valence-corrected chi connectivity index (χ1v) is 14.0. The van der Waals surface area contributed by atoms with Crippen molar-refractivity contribution in [3.63, 3.8) is 0 Å². The van der Waals surface area contributed by atoms with Gasteiger partial charge in [0.1, 0.15) is 23.7 Å². The minimum Gasteiger partial charge on any atom is -0.497 e. The number of hydrogen-bond acceptors (Lipinski definition) is 10. The number of halogens is 5. The van der Waals surface area contributed by atoms with Crippen molar-refractivity contribution in [1.82, 2.24) is 24.9 Å². The molecule has 1 fully saturated rings. The van der Waals surface area contributed by atoms with Crippen molar-refractivity contribution in [2.45, 2.75) is 51.1 Å². The van der Waals surface area contributed by atoms with Crippen LogP contribution < -0.4 is 20.5 Å². The van der Waals surface area contributed by atoms with Gasteiger partial charge in [0.15, 0.2) is 5.82 Å². The lowest BCUT2D eigenvalue weighted by atomic mass is 10.1. The Morgan fingerprint density at radius 1 is 1.13 bits per heavy atom. The predicted octanol–water partition coefficient (Wildman–Crippen LogP) is 5.05. The molecule has 0 radical (unpaired) electrons. The molecule has 1 saturated heterocycles. The molecule has 1 aliphatic heterocycles. The molecule has 4 heterocycles. The molecule has 11 nitrogen and oxygen atoms in total. The second-order valence-corrected chi connectivity index (χ2v) is 10.5. The van der Waals surface area contributed by atoms with Crippen LogP contribution in [0.3, 0.4) is 0 Å². The highest BCUT2D eigenvalue weighted by Crippen LogP contribution is 2.32. The summed E-state index contributed by atoms with van der Waals surface area (Å²) >= 11 is 0. The van der Waals surface area contributed by atoms with E-state index in [0.717, 1.165) is 17.1 Å². The number of benzene rings is 1. The van der Waals surface area contributed by atoms with E-state index in [2.05, 4.69) is 25.5 Å². The van der Waals surface area contributed by atoms with Crippen LogP contribution >= 0.6 is 0 Å². The molecule has 3 aromatic heterocycles. The SMILES string of the molecule is COc1ccc(Cn2ncc(NC(C)COCc3nc(C4CCN(c5ccc(C(F)F)cn5)C4)no3)c(C(F)(F)F)c2=O)cc1. The van der Waals surface area contributed by atoms with Gasteiger partial charge in [-0.25, -0.2) is 18.4 Å². The summed E-state index contributed by atoms with van der Waals surface area (Å²) in [5.74, 6) is 1.73. The first-order valence-electron chi connectivity index (χ1n) is 14.0. The number of nitrogens with one attached hydrogen (secondary N) is 1. The third-order valence-electron chi connectivity index (χ3n) is 7.20. The molecule has 0 spiro atoms. The summed E-state index contributed by atoms with van der Waals surface area (Å²) in [6, 6.07) is 8.81. The average Bonchev–Trinajstić information content (AvgIpc) is 3.69. The van der Waals surface area contributed by atoms with Gasteiger partial charge >= 0.3 is 6.18 Å². The molecule has 2 unspecified atom stereocenters. The van der Waals surface area contributed by atoms with E-state index in [1.54, 1.807) is 37.3 Å². The Kier molecular flexibility index (Phi) is 9.60. The molecule has 0 aliphatic carbocycles. The minimum atomic E-state index is -4.92. The van der Waals surface area contributed by atoms with E-state index in [1.807, 2.05) is 4.90 Å². The number of ether oxygens (including phenoxy) is 2. The molecule has 2 atom stereocenters. The highest BCUT2D eigenvalue weighted by molar-refractivity contribution is 5.50. The van der Waals surface area contributed by atoms with E-state index in [1.165, 1.54) is 13.2 Å². The predicted molar refractivity (Wildman–Crippen MR) is 151 cm³/mol. The maximum Gasteiger partial charge on any atom is 0.423 e. The van der Waals surface area contributed by atoms with Crippen LogP contribution in [0.15, 0.2) is 58.1 Å². The lowest BCUT2D eigenvalue weighted by Crippen LogP contribution is -2.34. The average molecular weight is 636 g/mol. The third-order valence-corrected chi connectivity index (χ3v) is 7.20. The van der Waals surface area contributed by atoms with Gasteiger partial charge in [0, 0.05) is 36.8 Å². The molecular formula is C29H30F5N7O4. The molecule has 0 amide bonds. The van der Waals surface area contributed by atoms with Crippen LogP contribution in [0.1, 0.15) is 54.1 Å². The standard InChI is InChI=1S/C29H30F5N7O4/c1-17(37-22-12-36-41(28(42)25(22)29(32,33)34)13-18-3-6-21(43-2)7-4-18)15-44-16-24-38-27(39-45-24)20-9-10-40(14-20)23-8-5-19(11-35-23)26(30)31/h3-8,11-12,17,20,26,37H,9-10,13-16H2,1-2H3. The summed E-state index contributed by atoms with van der Waals surface area (Å²) in [6.07, 6.45) is -4.68. The molecule has 0 bridgehead atoms. The van der Waals surface area contributed by atoms with E-state index >= 15 is 0 Å². The minimum absolute atomic E-state index is 0.0402. The molecule has 240 valence electrons. The van der Waals surface area contributed by atoms with E-state index in [9.17, 15) is 26.7 Å². The molecule has 1 aromatic carbocycles. The fraction of sp³-hybridized carbons (Fsp3) is 0.414. The zero-order valence-corrected chi connectivity index (χ0v) is 24.3. The van der Waals surface area contributed by atoms with Gasteiger partial charge in [-0.3, -0.25) is 4.79 Å². The highest BCUT2D eigenvalue weighted by Gasteiger charge is 2.38. The summed E-state index contributed by atoms with van der Waals surface area (Å²) in [5, 5.41) is 10.6. The Balaban J connectivity index is 1.15. The first-order chi connectivity index (χ1) is 21.5. The summed E-state index contributed by atoms with van der Waals surface area (Å²) in [4.78, 5) is 23.3. The number of alkyl halides is 5. The lowest BCUT2D eigenvalue weighted by Gasteiger charge is -2.19. The zero-order valence-electron chi connectivity index (χ0n) is 24.3. The van der Waals surface area contributed by atoms with Gasteiger partial charge in [0.25, 0.3) is 17.9 Å². The largest absolute Gasteiger partial charge is 0.497 e. The Morgan fingerprint density at radius 2 is 1.91 bits per heavy atom. The molecule has 16 heteroatoms. The molecule has 1 N–H and O–H groups in total. The van der Waals surface area contributed by atoms with Gasteiger partial charge in [0.05, 0.1) is 32.1 Å². The number of aromatic nitrogens is 5. The van der Waals surface area contributed by atoms with Crippen LogP contribution in [0, 0.1) is 0 Å². The zero-order chi connectivity index (χ0) is 32.1. The van der Waals surface area contributed by atoms with Crippen molar-refractivity contribution in [2.75, 3.05) is 37.0 Å². The second-order valence-electron chi connectivity index (χ2n) is 10.5. The molecule has 1 aliphatic rings. The Morgan fingerprint density at radius 3 is 2.58 bits per heavy atom. The van der Waals surface area contributed by atoms with Gasteiger partial charge in [-0.15, -0.1) is 0 Å². The summed E-state index contributed by atoms with van der Waals surface area (Å²) < 4.78 is 84.2. The normalized spacial score (nSPS) is 15.9. The number of anilines is 2. The van der Waals surface area contributed by atoms with E-state index in [-0.39, 0.29) is 37.1 Å². The molecular weight excluding hydrogens is 605 g/mol. The number of rotatable bonds is 12. The monoisotopic (exact) mass is 635 g/mol. The summed E-state index contributed by atoms with van der Waals surface area (Å²) in [5.41, 5.74) is -2.66. The highest BCUT2D eigenvalue weighted by atomic mass is 19.4. The smallest absolute Gasteiger partial charge is 0.423 e. The van der Waals surface area contributed by atoms with E-state index in [4.69, 9.17) is 14.0 Å². The van der Waals surface area contributed by atoms with Crippen molar-refractivity contribution in [2.24, 2.45) is 0 Å². The van der Waals surface area contributed by atoms with Crippen molar-refractivity contribution in [1.29, 1.82) is 0 Å². The van der Waals surface area contributed by atoms with Gasteiger partial charge in [-0.1, -0.05) is 17.3 Å². The molecule has 5 rings (SSSR count). The van der Waals surface area contributed by atoms with Crippen molar-refractivity contribution >= 4 is 11.5 Å². The fourth-order valence-corrected chi connectivity index (χ4v) is 4.90. The van der Waals surface area contributed by atoms with Crippen LogP contribution in [0.4, 0.5) is 33.5 Å². The van der Waals surface area contributed by atoms with Crippen molar-refractivity contribution in [3.05, 3.63) is 87.6 Å².